The minimum atomic E-state index is -0.666. The second-order valence-corrected chi connectivity index (χ2v) is 6.55. The van der Waals surface area contributed by atoms with Crippen LogP contribution in [0.25, 0.3) is 21.5 Å². The average molecular weight is 409 g/mol. The average Bonchev–Trinajstić information content (AvgIpc) is 2.76. The van der Waals surface area contributed by atoms with E-state index in [9.17, 15) is 14.7 Å². The van der Waals surface area contributed by atoms with E-state index in [1.165, 1.54) is 0 Å². The van der Waals surface area contributed by atoms with Gasteiger partial charge in [-0.3, -0.25) is 0 Å². The van der Waals surface area contributed by atoms with Gasteiger partial charge in [0.2, 0.25) is 0 Å². The third-order valence-electron chi connectivity index (χ3n) is 4.32. The fraction of sp³-hybridized carbons (Fsp3) is 0.217. The van der Waals surface area contributed by atoms with E-state index in [4.69, 9.17) is 14.2 Å². The van der Waals surface area contributed by atoms with Gasteiger partial charge in [-0.2, -0.15) is 0 Å². The minimum Gasteiger partial charge on any atom is -0.490 e. The monoisotopic (exact) mass is 409 g/mol. The number of carbonyl (C=O) groups is 2. The standard InChI is InChI=1S/C23H23NO6/c1-15(2)22(26)29-13-11-24-23(27)30-21-18-9-5-3-7-16(18)20(28-14-12-25)17-8-4-6-10-19(17)21/h3-10,25H,1,11-14H2,2H3,(H,24,27). The molecule has 0 saturated carbocycles. The number of rotatable bonds is 8. The molecule has 30 heavy (non-hydrogen) atoms. The van der Waals surface area contributed by atoms with Crippen molar-refractivity contribution >= 4 is 33.6 Å². The molecule has 0 unspecified atom stereocenters. The predicted molar refractivity (Wildman–Crippen MR) is 114 cm³/mol. The summed E-state index contributed by atoms with van der Waals surface area (Å²) in [6.07, 6.45) is -0.666. The SMILES string of the molecule is C=C(C)C(=O)OCCNC(=O)Oc1c2ccccc2c(OCCO)c2ccccc12. The van der Waals surface area contributed by atoms with Crippen LogP contribution in [0.15, 0.2) is 60.7 Å². The highest BCUT2D eigenvalue weighted by atomic mass is 16.6. The molecule has 1 amide bonds. The van der Waals surface area contributed by atoms with Crippen LogP contribution in [0.2, 0.25) is 0 Å². The first-order valence-electron chi connectivity index (χ1n) is 9.48. The molecule has 156 valence electrons. The van der Waals surface area contributed by atoms with Crippen molar-refractivity contribution in [3.63, 3.8) is 0 Å². The summed E-state index contributed by atoms with van der Waals surface area (Å²) in [6, 6.07) is 14.8. The van der Waals surface area contributed by atoms with Gasteiger partial charge in [-0.25, -0.2) is 9.59 Å². The van der Waals surface area contributed by atoms with E-state index in [-0.39, 0.29) is 26.4 Å². The van der Waals surface area contributed by atoms with Gasteiger partial charge in [0.1, 0.15) is 24.7 Å². The summed E-state index contributed by atoms with van der Waals surface area (Å²) in [5.74, 6) is 0.504. The van der Waals surface area contributed by atoms with Gasteiger partial charge in [-0.15, -0.1) is 0 Å². The molecule has 0 aliphatic carbocycles. The van der Waals surface area contributed by atoms with Crippen LogP contribution in [0.4, 0.5) is 4.79 Å². The quantitative estimate of drug-likeness (QED) is 0.256. The summed E-state index contributed by atoms with van der Waals surface area (Å²) >= 11 is 0. The summed E-state index contributed by atoms with van der Waals surface area (Å²) in [5.41, 5.74) is 0.291. The van der Waals surface area contributed by atoms with Crippen LogP contribution >= 0.6 is 0 Å². The smallest absolute Gasteiger partial charge is 0.412 e. The van der Waals surface area contributed by atoms with E-state index >= 15 is 0 Å². The molecule has 2 N–H and O–H groups in total. The van der Waals surface area contributed by atoms with Gasteiger partial charge >= 0.3 is 12.1 Å². The molecule has 3 aromatic carbocycles. The molecule has 0 bridgehead atoms. The number of ether oxygens (including phenoxy) is 3. The number of hydrogen-bond acceptors (Lipinski definition) is 6. The number of amides is 1. The van der Waals surface area contributed by atoms with Gasteiger partial charge in [0.25, 0.3) is 0 Å². The number of carbonyl (C=O) groups excluding carboxylic acids is 2. The van der Waals surface area contributed by atoms with Crippen LogP contribution in [0.1, 0.15) is 6.92 Å². The maximum absolute atomic E-state index is 12.4. The molecule has 0 spiro atoms. The van der Waals surface area contributed by atoms with Crippen molar-refractivity contribution in [1.82, 2.24) is 5.32 Å². The van der Waals surface area contributed by atoms with Gasteiger partial charge in [-0.1, -0.05) is 55.1 Å². The van der Waals surface area contributed by atoms with E-state index in [0.717, 1.165) is 10.8 Å². The number of nitrogens with one attached hydrogen (secondary N) is 1. The van der Waals surface area contributed by atoms with Gasteiger partial charge in [0.15, 0.2) is 0 Å². The zero-order chi connectivity index (χ0) is 21.5. The van der Waals surface area contributed by atoms with E-state index in [1.54, 1.807) is 6.92 Å². The maximum atomic E-state index is 12.4. The molecule has 0 heterocycles. The van der Waals surface area contributed by atoms with Crippen molar-refractivity contribution in [2.45, 2.75) is 6.92 Å². The Morgan fingerprint density at radius 3 is 1.97 bits per heavy atom. The number of aliphatic hydroxyl groups is 1. The maximum Gasteiger partial charge on any atom is 0.412 e. The van der Waals surface area contributed by atoms with Gasteiger partial charge in [0, 0.05) is 27.1 Å². The zero-order valence-corrected chi connectivity index (χ0v) is 16.6. The molecule has 0 atom stereocenters. The lowest BCUT2D eigenvalue weighted by molar-refractivity contribution is -0.138. The van der Waals surface area contributed by atoms with Crippen LogP contribution in [0.5, 0.6) is 11.5 Å². The molecule has 7 nitrogen and oxygen atoms in total. The normalized spacial score (nSPS) is 10.6. The van der Waals surface area contributed by atoms with Crippen LogP contribution in [0, 0.1) is 0 Å². The molecule has 0 aliphatic rings. The minimum absolute atomic E-state index is 0.0101. The Bertz CT molecular complexity index is 1030. The lowest BCUT2D eigenvalue weighted by atomic mass is 10.0. The molecule has 3 aromatic rings. The van der Waals surface area contributed by atoms with E-state index in [2.05, 4.69) is 11.9 Å². The van der Waals surface area contributed by atoms with Gasteiger partial charge < -0.3 is 24.6 Å². The molecule has 0 aromatic heterocycles. The predicted octanol–water partition coefficient (Wildman–Crippen LogP) is 3.57. The van der Waals surface area contributed by atoms with Crippen molar-refractivity contribution in [3.05, 3.63) is 60.7 Å². The number of hydrogen-bond donors (Lipinski definition) is 2. The first kappa shape index (κ1) is 21.1. The Hall–Kier alpha value is -3.58. The topological polar surface area (TPSA) is 94.1 Å². The van der Waals surface area contributed by atoms with Gasteiger partial charge in [0.05, 0.1) is 13.2 Å². The molecule has 3 rings (SSSR count). The summed E-state index contributed by atoms with van der Waals surface area (Å²) in [7, 11) is 0. The highest BCUT2D eigenvalue weighted by molar-refractivity contribution is 6.11. The molecule has 7 heteroatoms. The van der Waals surface area contributed by atoms with Crippen LogP contribution in [-0.4, -0.2) is 43.5 Å². The fourth-order valence-electron chi connectivity index (χ4n) is 3.01. The highest BCUT2D eigenvalue weighted by Gasteiger charge is 2.18. The summed E-state index contributed by atoms with van der Waals surface area (Å²) < 4.78 is 16.4. The molecule has 0 fully saturated rings. The number of benzene rings is 3. The first-order valence-corrected chi connectivity index (χ1v) is 9.48. The Kier molecular flexibility index (Phi) is 6.87. The summed E-state index contributed by atoms with van der Waals surface area (Å²) in [6.45, 7) is 5.20. The molecular formula is C23H23NO6. The third-order valence-corrected chi connectivity index (χ3v) is 4.32. The molecular weight excluding hydrogens is 386 g/mol. The largest absolute Gasteiger partial charge is 0.490 e. The Morgan fingerprint density at radius 1 is 0.933 bits per heavy atom. The van der Waals surface area contributed by atoms with Crippen molar-refractivity contribution in [2.24, 2.45) is 0 Å². The van der Waals surface area contributed by atoms with E-state index < -0.39 is 12.1 Å². The Labute approximate surface area is 173 Å². The molecule has 0 saturated heterocycles. The van der Waals surface area contributed by atoms with Gasteiger partial charge in [-0.05, 0) is 6.92 Å². The van der Waals surface area contributed by atoms with E-state index in [0.29, 0.717) is 27.8 Å². The van der Waals surface area contributed by atoms with Crippen molar-refractivity contribution in [2.75, 3.05) is 26.4 Å². The lowest BCUT2D eigenvalue weighted by Crippen LogP contribution is -2.30. The molecule has 0 radical (unpaired) electrons. The van der Waals surface area contributed by atoms with E-state index in [1.807, 2.05) is 48.5 Å². The van der Waals surface area contributed by atoms with Crippen LogP contribution in [-0.2, 0) is 9.53 Å². The van der Waals surface area contributed by atoms with Crippen molar-refractivity contribution in [3.8, 4) is 11.5 Å². The summed E-state index contributed by atoms with van der Waals surface area (Å²) in [5, 5.41) is 14.7. The summed E-state index contributed by atoms with van der Waals surface area (Å²) in [4.78, 5) is 23.8. The number of aliphatic hydroxyl groups excluding tert-OH is 1. The van der Waals surface area contributed by atoms with Crippen LogP contribution < -0.4 is 14.8 Å². The molecule has 0 aliphatic heterocycles. The van der Waals surface area contributed by atoms with Crippen molar-refractivity contribution < 1.29 is 28.9 Å². The first-order chi connectivity index (χ1) is 14.5. The Morgan fingerprint density at radius 2 is 1.47 bits per heavy atom. The zero-order valence-electron chi connectivity index (χ0n) is 16.6. The number of esters is 1. The lowest BCUT2D eigenvalue weighted by Gasteiger charge is -2.17. The third kappa shape index (κ3) is 4.69. The fourth-order valence-corrected chi connectivity index (χ4v) is 3.01. The second-order valence-electron chi connectivity index (χ2n) is 6.55. The number of fused-ring (bicyclic) bond motifs is 2. The highest BCUT2D eigenvalue weighted by Crippen LogP contribution is 2.42. The van der Waals surface area contributed by atoms with Crippen LogP contribution in [0.3, 0.4) is 0 Å². The second kappa shape index (κ2) is 9.76. The Balaban J connectivity index is 1.87. The van der Waals surface area contributed by atoms with Crippen molar-refractivity contribution in [1.29, 1.82) is 0 Å².